The van der Waals surface area contributed by atoms with Crippen LogP contribution in [-0.4, -0.2) is 28.8 Å². The van der Waals surface area contributed by atoms with Crippen molar-refractivity contribution in [1.29, 1.82) is 0 Å². The zero-order valence-electron chi connectivity index (χ0n) is 15.3. The second-order valence-electron chi connectivity index (χ2n) is 5.92. The Balaban J connectivity index is 2.16. The van der Waals surface area contributed by atoms with Gasteiger partial charge in [-0.25, -0.2) is 17.6 Å². The fourth-order valence-electron chi connectivity index (χ4n) is 2.71. The molecule has 1 N–H and O–H groups in total. The number of halogens is 4. The van der Waals surface area contributed by atoms with Crippen LogP contribution in [0.4, 0.5) is 28.9 Å². The quantitative estimate of drug-likeness (QED) is 0.663. The second kappa shape index (κ2) is 8.88. The lowest BCUT2D eigenvalue weighted by Gasteiger charge is -2.21. The van der Waals surface area contributed by atoms with Crippen LogP contribution >= 0.6 is 0 Å². The predicted molar refractivity (Wildman–Crippen MR) is 95.5 cm³/mol. The highest BCUT2D eigenvalue weighted by Crippen LogP contribution is 2.28. The molecule has 9 heteroatoms. The summed E-state index contributed by atoms with van der Waals surface area (Å²) in [7, 11) is 0. The highest BCUT2D eigenvalue weighted by molar-refractivity contribution is 5.93. The highest BCUT2D eigenvalue weighted by Gasteiger charge is 2.27. The van der Waals surface area contributed by atoms with Crippen molar-refractivity contribution in [2.24, 2.45) is 0 Å². The molecule has 0 saturated carbocycles. The maximum absolute atomic E-state index is 13.1. The number of rotatable bonds is 8. The fraction of sp³-hybridized carbons (Fsp3) is 0.444. The molecule has 0 aliphatic rings. The van der Waals surface area contributed by atoms with Gasteiger partial charge in [-0.2, -0.15) is 5.10 Å². The Hall–Kier alpha value is -2.58. The summed E-state index contributed by atoms with van der Waals surface area (Å²) in [4.78, 5) is 14.5. The molecule has 0 bridgehead atoms. The van der Waals surface area contributed by atoms with Gasteiger partial charge in [-0.3, -0.25) is 9.48 Å². The molecule has 148 valence electrons. The number of carbonyl (C=O) groups excluding carboxylic acids is 1. The summed E-state index contributed by atoms with van der Waals surface area (Å²) < 4.78 is 52.4. The molecule has 2 aromatic rings. The van der Waals surface area contributed by atoms with E-state index in [-0.39, 0.29) is 0 Å². The van der Waals surface area contributed by atoms with Gasteiger partial charge in [0.1, 0.15) is 17.4 Å². The number of carbonyl (C=O) groups is 1. The molecule has 27 heavy (non-hydrogen) atoms. The molecule has 0 aliphatic carbocycles. The number of hydrogen-bond acceptors (Lipinski definition) is 3. The van der Waals surface area contributed by atoms with E-state index in [1.807, 2.05) is 26.0 Å². The molecule has 1 unspecified atom stereocenters. The van der Waals surface area contributed by atoms with E-state index in [9.17, 15) is 22.4 Å². The standard InChI is InChI=1S/C18H22F4N4O/c1-4-25(5-2)13-8-6-12(7-9-13)23-18(27)11(3)26-15(17(21)22)10-14(24-26)16(19)20/h6-11,16-17H,4-5H2,1-3H3,(H,23,27). The average Bonchev–Trinajstić information content (AvgIpc) is 3.09. The monoisotopic (exact) mass is 386 g/mol. The molecule has 2 rings (SSSR count). The summed E-state index contributed by atoms with van der Waals surface area (Å²) in [6.07, 6.45) is -6.01. The van der Waals surface area contributed by atoms with Gasteiger partial charge in [0.2, 0.25) is 5.91 Å². The Morgan fingerprint density at radius 1 is 1.11 bits per heavy atom. The number of nitrogens with one attached hydrogen (secondary N) is 1. The predicted octanol–water partition coefficient (Wildman–Crippen LogP) is 4.80. The van der Waals surface area contributed by atoms with Gasteiger partial charge < -0.3 is 10.2 Å². The minimum absolute atomic E-state index is 0.475. The van der Waals surface area contributed by atoms with E-state index in [4.69, 9.17) is 0 Å². The van der Waals surface area contributed by atoms with Crippen LogP contribution in [0.25, 0.3) is 0 Å². The number of hydrogen-bond donors (Lipinski definition) is 1. The molecule has 0 saturated heterocycles. The first-order valence-corrected chi connectivity index (χ1v) is 8.59. The van der Waals surface area contributed by atoms with E-state index in [0.29, 0.717) is 16.4 Å². The first kappa shape index (κ1) is 20.7. The van der Waals surface area contributed by atoms with Gasteiger partial charge in [0.15, 0.2) is 0 Å². The number of benzene rings is 1. The molecule has 0 fully saturated rings. The number of nitrogens with zero attached hydrogens (tertiary/aromatic N) is 3. The van der Waals surface area contributed by atoms with E-state index in [0.717, 1.165) is 18.8 Å². The molecule has 0 spiro atoms. The Kier molecular flexibility index (Phi) is 6.81. The minimum atomic E-state index is -3.02. The third kappa shape index (κ3) is 4.78. The van der Waals surface area contributed by atoms with Gasteiger partial charge in [0.25, 0.3) is 12.9 Å². The maximum atomic E-state index is 13.1. The van der Waals surface area contributed by atoms with Crippen molar-refractivity contribution in [3.8, 4) is 0 Å². The van der Waals surface area contributed by atoms with Crippen LogP contribution in [0.2, 0.25) is 0 Å². The van der Waals surface area contributed by atoms with Crippen molar-refractivity contribution in [1.82, 2.24) is 9.78 Å². The van der Waals surface area contributed by atoms with Crippen LogP contribution in [0.15, 0.2) is 30.3 Å². The minimum Gasteiger partial charge on any atom is -0.372 e. The van der Waals surface area contributed by atoms with Gasteiger partial charge in [-0.15, -0.1) is 0 Å². The maximum Gasteiger partial charge on any atom is 0.282 e. The van der Waals surface area contributed by atoms with Gasteiger partial charge >= 0.3 is 0 Å². The number of anilines is 2. The smallest absolute Gasteiger partial charge is 0.282 e. The third-order valence-corrected chi connectivity index (χ3v) is 4.24. The summed E-state index contributed by atoms with van der Waals surface area (Å²) in [5.74, 6) is -0.628. The van der Waals surface area contributed by atoms with Gasteiger partial charge in [-0.05, 0) is 51.1 Å². The molecule has 1 aromatic heterocycles. The molecular formula is C18H22F4N4O. The van der Waals surface area contributed by atoms with Crippen LogP contribution in [0.1, 0.15) is 51.1 Å². The Labute approximate surface area is 155 Å². The van der Waals surface area contributed by atoms with Gasteiger partial charge in [-0.1, -0.05) is 0 Å². The average molecular weight is 386 g/mol. The van der Waals surface area contributed by atoms with Crippen LogP contribution in [0.3, 0.4) is 0 Å². The highest BCUT2D eigenvalue weighted by atomic mass is 19.3. The summed E-state index contributed by atoms with van der Waals surface area (Å²) in [5.41, 5.74) is -0.0411. The van der Waals surface area contributed by atoms with E-state index >= 15 is 0 Å². The second-order valence-corrected chi connectivity index (χ2v) is 5.92. The van der Waals surface area contributed by atoms with Crippen LogP contribution < -0.4 is 10.2 Å². The summed E-state index contributed by atoms with van der Waals surface area (Å²) in [5, 5.41) is 6.07. The molecule has 1 aromatic carbocycles. The van der Waals surface area contributed by atoms with Crippen LogP contribution in [-0.2, 0) is 4.79 Å². The normalized spacial score (nSPS) is 12.5. The van der Waals surface area contributed by atoms with E-state index in [2.05, 4.69) is 15.3 Å². The zero-order valence-corrected chi connectivity index (χ0v) is 15.3. The number of alkyl halides is 4. The van der Waals surface area contributed by atoms with E-state index in [1.165, 1.54) is 6.92 Å². The lowest BCUT2D eigenvalue weighted by molar-refractivity contribution is -0.119. The lowest BCUT2D eigenvalue weighted by atomic mass is 10.2. The number of amides is 1. The largest absolute Gasteiger partial charge is 0.372 e. The summed E-state index contributed by atoms with van der Waals surface area (Å²) in [6.45, 7) is 7.05. The molecule has 1 atom stereocenters. The van der Waals surface area contributed by atoms with Gasteiger partial charge in [0.05, 0.1) is 0 Å². The Morgan fingerprint density at radius 2 is 1.70 bits per heavy atom. The SMILES string of the molecule is CCN(CC)c1ccc(NC(=O)C(C)n2nc(C(F)F)cc2C(F)F)cc1. The third-order valence-electron chi connectivity index (χ3n) is 4.24. The zero-order chi connectivity index (χ0) is 20.1. The van der Waals surface area contributed by atoms with Crippen molar-refractivity contribution >= 4 is 17.3 Å². The Bertz CT molecular complexity index is 757. The topological polar surface area (TPSA) is 50.2 Å². The van der Waals surface area contributed by atoms with Crippen molar-refractivity contribution in [2.45, 2.75) is 39.7 Å². The van der Waals surface area contributed by atoms with Crippen molar-refractivity contribution in [3.05, 3.63) is 41.7 Å². The van der Waals surface area contributed by atoms with Crippen molar-refractivity contribution < 1.29 is 22.4 Å². The molecule has 1 heterocycles. The molecule has 0 radical (unpaired) electrons. The lowest BCUT2D eigenvalue weighted by Crippen LogP contribution is -2.26. The van der Waals surface area contributed by atoms with Gasteiger partial charge in [0, 0.05) is 24.5 Å². The van der Waals surface area contributed by atoms with E-state index < -0.39 is 36.2 Å². The summed E-state index contributed by atoms with van der Waals surface area (Å²) >= 11 is 0. The Morgan fingerprint density at radius 3 is 2.19 bits per heavy atom. The first-order chi connectivity index (χ1) is 12.8. The fourth-order valence-corrected chi connectivity index (χ4v) is 2.71. The van der Waals surface area contributed by atoms with Crippen LogP contribution in [0.5, 0.6) is 0 Å². The van der Waals surface area contributed by atoms with Crippen molar-refractivity contribution in [3.63, 3.8) is 0 Å². The first-order valence-electron chi connectivity index (χ1n) is 8.59. The van der Waals surface area contributed by atoms with Crippen LogP contribution in [0, 0.1) is 0 Å². The molecule has 0 aliphatic heterocycles. The molecule has 5 nitrogen and oxygen atoms in total. The summed E-state index contributed by atoms with van der Waals surface area (Å²) in [6, 6.07) is 6.50. The molecular weight excluding hydrogens is 364 g/mol. The number of aromatic nitrogens is 2. The van der Waals surface area contributed by atoms with Crippen molar-refractivity contribution in [2.75, 3.05) is 23.3 Å². The molecule has 1 amide bonds. The van der Waals surface area contributed by atoms with E-state index in [1.54, 1.807) is 12.1 Å².